The summed E-state index contributed by atoms with van der Waals surface area (Å²) in [6, 6.07) is 5.66. The number of pyridine rings is 1. The number of rotatable bonds is 5. The second kappa shape index (κ2) is 8.44. The van der Waals surface area contributed by atoms with Crippen molar-refractivity contribution in [2.24, 2.45) is 4.36 Å². The molecular formula is C20H27N5O4S. The lowest BCUT2D eigenvalue weighted by atomic mass is 10.2. The Bertz CT molecular complexity index is 1050. The Morgan fingerprint density at radius 1 is 1.17 bits per heavy atom. The van der Waals surface area contributed by atoms with E-state index in [0.29, 0.717) is 50.5 Å². The Labute approximate surface area is 177 Å². The van der Waals surface area contributed by atoms with E-state index in [1.165, 1.54) is 0 Å². The van der Waals surface area contributed by atoms with Gasteiger partial charge in [-0.15, -0.1) is 0 Å². The van der Waals surface area contributed by atoms with Gasteiger partial charge in [-0.3, -0.25) is 0 Å². The van der Waals surface area contributed by atoms with E-state index in [-0.39, 0.29) is 11.3 Å². The molecule has 0 bridgehead atoms. The molecule has 30 heavy (non-hydrogen) atoms. The third-order valence-electron chi connectivity index (χ3n) is 5.26. The highest BCUT2D eigenvalue weighted by Crippen LogP contribution is 2.29. The maximum Gasteiger partial charge on any atom is 0.213 e. The van der Waals surface area contributed by atoms with E-state index in [9.17, 15) is 4.21 Å². The molecule has 10 heteroatoms. The van der Waals surface area contributed by atoms with E-state index in [4.69, 9.17) is 19.2 Å². The van der Waals surface area contributed by atoms with Gasteiger partial charge >= 0.3 is 0 Å². The predicted octanol–water partition coefficient (Wildman–Crippen LogP) is 2.21. The Balaban J connectivity index is 1.83. The van der Waals surface area contributed by atoms with Gasteiger partial charge in [-0.25, -0.2) is 19.2 Å². The first-order valence-electron chi connectivity index (χ1n) is 9.91. The van der Waals surface area contributed by atoms with E-state index in [0.717, 1.165) is 17.1 Å². The first-order valence-corrected chi connectivity index (χ1v) is 11.9. The maximum atomic E-state index is 13.1. The molecule has 4 heterocycles. The molecule has 0 saturated carbocycles. The molecule has 0 unspecified atom stereocenters. The van der Waals surface area contributed by atoms with E-state index in [1.54, 1.807) is 25.5 Å². The van der Waals surface area contributed by atoms with Gasteiger partial charge in [0, 0.05) is 36.2 Å². The molecule has 2 aliphatic rings. The molecular weight excluding hydrogens is 406 g/mol. The van der Waals surface area contributed by atoms with E-state index in [2.05, 4.69) is 26.2 Å². The highest BCUT2D eigenvalue weighted by Gasteiger charge is 2.28. The Morgan fingerprint density at radius 2 is 1.97 bits per heavy atom. The zero-order valence-corrected chi connectivity index (χ0v) is 18.5. The lowest BCUT2D eigenvalue weighted by Gasteiger charge is -2.34. The average molecular weight is 434 g/mol. The van der Waals surface area contributed by atoms with Crippen molar-refractivity contribution in [3.8, 4) is 17.3 Å². The quantitative estimate of drug-likeness (QED) is 0.708. The van der Waals surface area contributed by atoms with Crippen LogP contribution in [0.2, 0.25) is 0 Å². The van der Waals surface area contributed by atoms with Crippen LogP contribution in [0.4, 0.5) is 11.6 Å². The zero-order valence-electron chi connectivity index (χ0n) is 17.7. The Morgan fingerprint density at radius 3 is 2.63 bits per heavy atom. The topological polar surface area (TPSA) is 99.0 Å². The van der Waals surface area contributed by atoms with Crippen molar-refractivity contribution in [2.45, 2.75) is 25.1 Å². The molecule has 0 aliphatic carbocycles. The molecule has 2 atom stereocenters. The molecule has 0 spiro atoms. The highest BCUT2D eigenvalue weighted by atomic mass is 32.2. The predicted molar refractivity (Wildman–Crippen MR) is 115 cm³/mol. The summed E-state index contributed by atoms with van der Waals surface area (Å²) in [5.41, 5.74) is 1.57. The van der Waals surface area contributed by atoms with Crippen LogP contribution in [0, 0.1) is 6.92 Å². The molecule has 4 rings (SSSR count). The van der Waals surface area contributed by atoms with E-state index >= 15 is 0 Å². The van der Waals surface area contributed by atoms with Gasteiger partial charge in [0.25, 0.3) is 0 Å². The third kappa shape index (κ3) is 4.40. The number of nitrogens with zero attached hydrogens (tertiary/aromatic N) is 5. The van der Waals surface area contributed by atoms with Crippen molar-refractivity contribution in [3.05, 3.63) is 23.9 Å². The summed E-state index contributed by atoms with van der Waals surface area (Å²) in [4.78, 5) is 15.9. The lowest BCUT2D eigenvalue weighted by Crippen LogP contribution is -2.44. The monoisotopic (exact) mass is 433 g/mol. The molecule has 9 nitrogen and oxygen atoms in total. The summed E-state index contributed by atoms with van der Waals surface area (Å²) in [7, 11) is -0.903. The van der Waals surface area contributed by atoms with Crippen LogP contribution >= 0.6 is 0 Å². The maximum absolute atomic E-state index is 13.1. The van der Waals surface area contributed by atoms with Crippen LogP contribution in [0.25, 0.3) is 11.4 Å². The molecule has 2 aliphatic heterocycles. The third-order valence-corrected chi connectivity index (χ3v) is 7.32. The van der Waals surface area contributed by atoms with Crippen LogP contribution < -0.4 is 9.64 Å². The minimum atomic E-state index is -2.48. The smallest absolute Gasteiger partial charge is 0.213 e. The fourth-order valence-electron chi connectivity index (χ4n) is 3.41. The van der Waals surface area contributed by atoms with Crippen molar-refractivity contribution in [3.63, 3.8) is 0 Å². The van der Waals surface area contributed by atoms with Gasteiger partial charge in [0.05, 0.1) is 54.6 Å². The Hall–Kier alpha value is -2.30. The number of ether oxygens (including phenoxy) is 3. The van der Waals surface area contributed by atoms with Crippen LogP contribution in [0.3, 0.4) is 0 Å². The second-order valence-electron chi connectivity index (χ2n) is 7.68. The van der Waals surface area contributed by atoms with Crippen LogP contribution in [-0.4, -0.2) is 76.8 Å². The zero-order chi connectivity index (χ0) is 21.3. The number of methoxy groups -OCH3 is 1. The lowest BCUT2D eigenvalue weighted by molar-refractivity contribution is 0.0431. The van der Waals surface area contributed by atoms with Gasteiger partial charge in [0.2, 0.25) is 5.88 Å². The molecule has 2 aromatic rings. The summed E-state index contributed by atoms with van der Waals surface area (Å²) >= 11 is 0. The standard InChI is InChI=1S/C20H27N5O4S/c1-13-7-15(8-19(21-13)27-3)20-22-17(24-30(4,26)16-11-29-12-16)9-18(23-20)25-5-6-28-10-14(25)2/h7-9,14,16H,5-6,10-12H2,1-4H3/t14-,30+/m1/s1. The van der Waals surface area contributed by atoms with Crippen molar-refractivity contribution < 1.29 is 18.4 Å². The normalized spacial score (nSPS) is 21.6. The molecule has 2 fully saturated rings. The van der Waals surface area contributed by atoms with Crippen molar-refractivity contribution >= 4 is 21.4 Å². The number of anilines is 1. The second-order valence-corrected chi connectivity index (χ2v) is 10.2. The molecule has 2 aromatic heterocycles. The van der Waals surface area contributed by atoms with Gasteiger partial charge in [-0.05, 0) is 19.9 Å². The summed E-state index contributed by atoms with van der Waals surface area (Å²) in [5.74, 6) is 2.13. The molecule has 162 valence electrons. The summed E-state index contributed by atoms with van der Waals surface area (Å²) in [6.45, 7) is 6.87. The van der Waals surface area contributed by atoms with Crippen molar-refractivity contribution in [2.75, 3.05) is 51.2 Å². The number of aromatic nitrogens is 3. The minimum Gasteiger partial charge on any atom is -0.481 e. The van der Waals surface area contributed by atoms with Gasteiger partial charge < -0.3 is 19.1 Å². The molecule has 0 aromatic carbocycles. The number of hydrogen-bond acceptors (Lipinski definition) is 9. The fourth-order valence-corrected chi connectivity index (χ4v) is 4.72. The first kappa shape index (κ1) is 21.0. The van der Waals surface area contributed by atoms with Crippen molar-refractivity contribution in [1.82, 2.24) is 15.0 Å². The van der Waals surface area contributed by atoms with Gasteiger partial charge in [0.15, 0.2) is 11.6 Å². The van der Waals surface area contributed by atoms with Crippen LogP contribution in [0.1, 0.15) is 12.6 Å². The number of morpholine rings is 1. The van der Waals surface area contributed by atoms with Gasteiger partial charge in [0.1, 0.15) is 5.82 Å². The van der Waals surface area contributed by atoms with Crippen molar-refractivity contribution in [1.29, 1.82) is 0 Å². The molecule has 2 saturated heterocycles. The molecule has 0 radical (unpaired) electrons. The summed E-state index contributed by atoms with van der Waals surface area (Å²) < 4.78 is 33.7. The summed E-state index contributed by atoms with van der Waals surface area (Å²) in [6.07, 6.45) is 1.67. The van der Waals surface area contributed by atoms with Crippen LogP contribution in [-0.2, 0) is 19.2 Å². The number of aryl methyl sites for hydroxylation is 1. The van der Waals surface area contributed by atoms with Gasteiger partial charge in [-0.1, -0.05) is 0 Å². The van der Waals surface area contributed by atoms with Gasteiger partial charge in [-0.2, -0.15) is 4.36 Å². The van der Waals surface area contributed by atoms with E-state index < -0.39 is 9.73 Å². The van der Waals surface area contributed by atoms with Crippen LogP contribution in [0.5, 0.6) is 5.88 Å². The first-order chi connectivity index (χ1) is 14.4. The summed E-state index contributed by atoms with van der Waals surface area (Å²) in [5, 5.41) is -0.0788. The molecule has 0 N–H and O–H groups in total. The molecule has 0 amide bonds. The largest absolute Gasteiger partial charge is 0.481 e. The average Bonchev–Trinajstić information content (AvgIpc) is 2.65. The highest BCUT2D eigenvalue weighted by molar-refractivity contribution is 7.93. The SMILES string of the molecule is COc1cc(-c2nc(N=[S@@](C)(=O)C3COC3)cc(N3CCOC[C@H]3C)n2)cc(C)n1. The number of hydrogen-bond donors (Lipinski definition) is 0. The minimum absolute atomic E-state index is 0.0788. The van der Waals surface area contributed by atoms with Crippen LogP contribution in [0.15, 0.2) is 22.6 Å². The fraction of sp³-hybridized carbons (Fsp3) is 0.550. The van der Waals surface area contributed by atoms with E-state index in [1.807, 2.05) is 13.0 Å². The Kier molecular flexibility index (Phi) is 5.90.